The van der Waals surface area contributed by atoms with Crippen LogP contribution in [0.2, 0.25) is 0 Å². The first-order valence-corrected chi connectivity index (χ1v) is 7.61. The summed E-state index contributed by atoms with van der Waals surface area (Å²) < 4.78 is 5.12. The first-order chi connectivity index (χ1) is 10.6. The minimum Gasteiger partial charge on any atom is -0.383 e. The van der Waals surface area contributed by atoms with Gasteiger partial charge >= 0.3 is 0 Å². The molecular formula is C15H25N5O2. The van der Waals surface area contributed by atoms with Gasteiger partial charge in [0.2, 0.25) is 0 Å². The van der Waals surface area contributed by atoms with Crippen LogP contribution in [0.15, 0.2) is 12.4 Å². The van der Waals surface area contributed by atoms with E-state index in [0.717, 1.165) is 51.6 Å². The van der Waals surface area contributed by atoms with E-state index >= 15 is 0 Å². The summed E-state index contributed by atoms with van der Waals surface area (Å²) in [7, 11) is 5.51. The molecule has 2 heterocycles. The average molecular weight is 307 g/mol. The van der Waals surface area contributed by atoms with Crippen molar-refractivity contribution in [2.45, 2.75) is 6.42 Å². The highest BCUT2D eigenvalue weighted by atomic mass is 16.5. The molecule has 1 aliphatic heterocycles. The molecule has 0 radical (unpaired) electrons. The Labute approximate surface area is 131 Å². The number of aromatic nitrogens is 2. The van der Waals surface area contributed by atoms with E-state index in [2.05, 4.69) is 14.9 Å². The molecule has 22 heavy (non-hydrogen) atoms. The van der Waals surface area contributed by atoms with Crippen LogP contribution in [0.25, 0.3) is 0 Å². The fourth-order valence-electron chi connectivity index (χ4n) is 2.44. The standard InChI is InChI=1S/C15H25N5O2/c1-18(2)14-12-16-13(11-17-14)15(21)20-6-4-5-19(7-8-20)9-10-22-3/h11-12H,4-10H2,1-3H3. The van der Waals surface area contributed by atoms with Crippen molar-refractivity contribution in [2.75, 3.05) is 65.4 Å². The van der Waals surface area contributed by atoms with Crippen LogP contribution in [0.3, 0.4) is 0 Å². The SMILES string of the molecule is COCCN1CCCN(C(=O)c2cnc(N(C)C)cn2)CC1. The molecular weight excluding hydrogens is 282 g/mol. The Kier molecular flexibility index (Phi) is 6.09. The summed E-state index contributed by atoms with van der Waals surface area (Å²) in [5.74, 6) is 0.713. The highest BCUT2D eigenvalue weighted by Crippen LogP contribution is 2.09. The van der Waals surface area contributed by atoms with Gasteiger partial charge in [0.05, 0.1) is 19.0 Å². The summed E-state index contributed by atoms with van der Waals surface area (Å²) in [5.41, 5.74) is 0.413. The molecule has 1 aromatic heterocycles. The van der Waals surface area contributed by atoms with Crippen molar-refractivity contribution in [3.05, 3.63) is 18.1 Å². The fourth-order valence-corrected chi connectivity index (χ4v) is 2.44. The third-order valence-electron chi connectivity index (χ3n) is 3.80. The number of rotatable bonds is 5. The number of nitrogens with zero attached hydrogens (tertiary/aromatic N) is 5. The minimum atomic E-state index is -0.0357. The van der Waals surface area contributed by atoms with Gasteiger partial charge in [-0.05, 0) is 13.0 Å². The Morgan fingerprint density at radius 3 is 2.68 bits per heavy atom. The van der Waals surface area contributed by atoms with E-state index in [1.54, 1.807) is 19.5 Å². The summed E-state index contributed by atoms with van der Waals surface area (Å²) in [6.45, 7) is 5.00. The largest absolute Gasteiger partial charge is 0.383 e. The second-order valence-corrected chi connectivity index (χ2v) is 5.63. The quantitative estimate of drug-likeness (QED) is 0.781. The molecule has 7 heteroatoms. The van der Waals surface area contributed by atoms with Gasteiger partial charge in [-0.1, -0.05) is 0 Å². The van der Waals surface area contributed by atoms with Gasteiger partial charge in [0.25, 0.3) is 5.91 Å². The van der Waals surface area contributed by atoms with Crippen LogP contribution in [0.5, 0.6) is 0 Å². The van der Waals surface area contributed by atoms with E-state index in [4.69, 9.17) is 4.74 Å². The summed E-state index contributed by atoms with van der Waals surface area (Å²) in [4.78, 5) is 27.1. The van der Waals surface area contributed by atoms with Gasteiger partial charge in [-0.2, -0.15) is 0 Å². The van der Waals surface area contributed by atoms with Crippen LogP contribution in [0.1, 0.15) is 16.9 Å². The molecule has 0 aliphatic carbocycles. The van der Waals surface area contributed by atoms with Crippen molar-refractivity contribution in [2.24, 2.45) is 0 Å². The van der Waals surface area contributed by atoms with Crippen molar-refractivity contribution in [1.29, 1.82) is 0 Å². The van der Waals surface area contributed by atoms with E-state index < -0.39 is 0 Å². The Balaban J connectivity index is 1.94. The Hall–Kier alpha value is -1.73. The molecule has 1 saturated heterocycles. The van der Waals surface area contributed by atoms with Crippen molar-refractivity contribution in [3.8, 4) is 0 Å². The van der Waals surface area contributed by atoms with Crippen molar-refractivity contribution in [1.82, 2.24) is 19.8 Å². The molecule has 0 spiro atoms. The number of carbonyl (C=O) groups is 1. The van der Waals surface area contributed by atoms with Crippen molar-refractivity contribution >= 4 is 11.7 Å². The van der Waals surface area contributed by atoms with Gasteiger partial charge in [-0.25, -0.2) is 9.97 Å². The van der Waals surface area contributed by atoms with E-state index in [1.165, 1.54) is 0 Å². The molecule has 1 amide bonds. The first kappa shape index (κ1) is 16.6. The smallest absolute Gasteiger partial charge is 0.274 e. The molecule has 7 nitrogen and oxygen atoms in total. The molecule has 0 saturated carbocycles. The first-order valence-electron chi connectivity index (χ1n) is 7.61. The lowest BCUT2D eigenvalue weighted by Crippen LogP contribution is -2.36. The third kappa shape index (κ3) is 4.38. The minimum absolute atomic E-state index is 0.0357. The second-order valence-electron chi connectivity index (χ2n) is 5.63. The highest BCUT2D eigenvalue weighted by molar-refractivity contribution is 5.92. The van der Waals surface area contributed by atoms with Gasteiger partial charge in [0.1, 0.15) is 11.5 Å². The molecule has 0 N–H and O–H groups in total. The summed E-state index contributed by atoms with van der Waals surface area (Å²) in [5, 5.41) is 0. The van der Waals surface area contributed by atoms with E-state index in [9.17, 15) is 4.79 Å². The molecule has 122 valence electrons. The summed E-state index contributed by atoms with van der Waals surface area (Å²) >= 11 is 0. The molecule has 0 aromatic carbocycles. The van der Waals surface area contributed by atoms with Gasteiger partial charge in [-0.15, -0.1) is 0 Å². The van der Waals surface area contributed by atoms with Crippen LogP contribution in [0, 0.1) is 0 Å². The number of carbonyl (C=O) groups excluding carboxylic acids is 1. The summed E-state index contributed by atoms with van der Waals surface area (Å²) in [6.07, 6.45) is 4.17. The topological polar surface area (TPSA) is 61.8 Å². The Bertz CT molecular complexity index is 477. The van der Waals surface area contributed by atoms with Crippen molar-refractivity contribution in [3.63, 3.8) is 0 Å². The lowest BCUT2D eigenvalue weighted by Gasteiger charge is -2.21. The highest BCUT2D eigenvalue weighted by Gasteiger charge is 2.21. The Morgan fingerprint density at radius 2 is 2.05 bits per heavy atom. The van der Waals surface area contributed by atoms with Crippen LogP contribution in [-0.2, 0) is 4.74 Å². The zero-order chi connectivity index (χ0) is 15.9. The zero-order valence-corrected chi connectivity index (χ0v) is 13.7. The maximum atomic E-state index is 12.5. The molecule has 1 fully saturated rings. The number of anilines is 1. The normalized spacial score (nSPS) is 16.4. The monoisotopic (exact) mass is 307 g/mol. The zero-order valence-electron chi connectivity index (χ0n) is 13.7. The molecule has 0 bridgehead atoms. The number of ether oxygens (including phenoxy) is 1. The maximum Gasteiger partial charge on any atom is 0.274 e. The molecule has 1 aromatic rings. The predicted octanol–water partition coefficient (Wildman–Crippen LogP) is 0.337. The lowest BCUT2D eigenvalue weighted by molar-refractivity contribution is 0.0753. The van der Waals surface area contributed by atoms with Crippen LogP contribution in [0.4, 0.5) is 5.82 Å². The van der Waals surface area contributed by atoms with E-state index in [0.29, 0.717) is 5.69 Å². The third-order valence-corrected chi connectivity index (χ3v) is 3.80. The number of methoxy groups -OCH3 is 1. The fraction of sp³-hybridized carbons (Fsp3) is 0.667. The second kappa shape index (κ2) is 8.05. The van der Waals surface area contributed by atoms with Gasteiger partial charge < -0.3 is 14.5 Å². The number of amides is 1. The van der Waals surface area contributed by atoms with Crippen molar-refractivity contribution < 1.29 is 9.53 Å². The predicted molar refractivity (Wildman–Crippen MR) is 85.2 cm³/mol. The van der Waals surface area contributed by atoms with E-state index in [1.807, 2.05) is 23.9 Å². The number of hydrogen-bond donors (Lipinski definition) is 0. The molecule has 0 atom stereocenters. The number of hydrogen-bond acceptors (Lipinski definition) is 6. The van der Waals surface area contributed by atoms with Crippen LogP contribution in [-0.4, -0.2) is 86.2 Å². The molecule has 0 unspecified atom stereocenters. The summed E-state index contributed by atoms with van der Waals surface area (Å²) in [6, 6.07) is 0. The average Bonchev–Trinajstić information content (AvgIpc) is 2.78. The molecule has 1 aliphatic rings. The lowest BCUT2D eigenvalue weighted by atomic mass is 10.3. The van der Waals surface area contributed by atoms with Gasteiger partial charge in [-0.3, -0.25) is 9.69 Å². The van der Waals surface area contributed by atoms with Gasteiger partial charge in [0, 0.05) is 47.4 Å². The molecule has 2 rings (SSSR count). The Morgan fingerprint density at radius 1 is 1.23 bits per heavy atom. The van der Waals surface area contributed by atoms with Crippen LogP contribution >= 0.6 is 0 Å². The van der Waals surface area contributed by atoms with E-state index in [-0.39, 0.29) is 5.91 Å². The van der Waals surface area contributed by atoms with Gasteiger partial charge in [0.15, 0.2) is 0 Å². The van der Waals surface area contributed by atoms with Crippen LogP contribution < -0.4 is 4.90 Å². The maximum absolute atomic E-state index is 12.5.